The average molecular weight is 305 g/mol. The van der Waals surface area contributed by atoms with Crippen LogP contribution in [0.2, 0.25) is 0 Å². The van der Waals surface area contributed by atoms with Crippen LogP contribution in [0.4, 0.5) is 24.8 Å². The monoisotopic (exact) mass is 305 g/mol. The summed E-state index contributed by atoms with van der Waals surface area (Å²) in [4.78, 5) is 19.8. The molecule has 0 aliphatic rings. The summed E-state index contributed by atoms with van der Waals surface area (Å²) in [5.41, 5.74) is 0. The number of nitrogens with zero attached hydrogens (tertiary/aromatic N) is 3. The van der Waals surface area contributed by atoms with Crippen molar-refractivity contribution in [2.24, 2.45) is 0 Å². The number of hydrogen-bond donors (Lipinski definition) is 2. The van der Waals surface area contributed by atoms with E-state index >= 15 is 0 Å². The van der Waals surface area contributed by atoms with Crippen molar-refractivity contribution < 1.29 is 18.0 Å². The number of hydrogen-bond acceptors (Lipinski definition) is 5. The molecule has 1 heterocycles. The number of likely N-dealkylation sites (N-methyl/N-ethyl adjacent to an activating group) is 1. The first-order chi connectivity index (χ1) is 9.77. The SMILES string of the molecule is CCNc1cc(NCC(=O)N(C)CC)nc(C(F)(F)F)n1. The number of carbonyl (C=O) groups excluding carboxylic acids is 1. The molecule has 6 nitrogen and oxygen atoms in total. The van der Waals surface area contributed by atoms with Crippen molar-refractivity contribution in [1.29, 1.82) is 0 Å². The van der Waals surface area contributed by atoms with Crippen LogP contribution in [0.25, 0.3) is 0 Å². The Hall–Kier alpha value is -2.06. The summed E-state index contributed by atoms with van der Waals surface area (Å²) in [7, 11) is 1.61. The number of nitrogens with one attached hydrogen (secondary N) is 2. The molecule has 0 aliphatic carbocycles. The predicted octanol–water partition coefficient (Wildman–Crippen LogP) is 1.82. The zero-order valence-corrected chi connectivity index (χ0v) is 12.1. The van der Waals surface area contributed by atoms with E-state index in [0.717, 1.165) is 0 Å². The lowest BCUT2D eigenvalue weighted by molar-refractivity contribution is -0.144. The van der Waals surface area contributed by atoms with Crippen LogP contribution in [0.15, 0.2) is 6.07 Å². The van der Waals surface area contributed by atoms with Gasteiger partial charge in [-0.15, -0.1) is 0 Å². The predicted molar refractivity (Wildman–Crippen MR) is 73.0 cm³/mol. The van der Waals surface area contributed by atoms with Crippen molar-refractivity contribution in [3.63, 3.8) is 0 Å². The van der Waals surface area contributed by atoms with Crippen LogP contribution in [0.3, 0.4) is 0 Å². The van der Waals surface area contributed by atoms with Gasteiger partial charge in [0.15, 0.2) is 0 Å². The summed E-state index contributed by atoms with van der Waals surface area (Å²) in [6.07, 6.45) is -4.65. The molecule has 1 rings (SSSR count). The summed E-state index contributed by atoms with van der Waals surface area (Å²) in [5, 5.41) is 5.28. The Labute approximate surface area is 120 Å². The highest BCUT2D eigenvalue weighted by Gasteiger charge is 2.35. The summed E-state index contributed by atoms with van der Waals surface area (Å²) >= 11 is 0. The van der Waals surface area contributed by atoms with Gasteiger partial charge in [-0.25, -0.2) is 9.97 Å². The second kappa shape index (κ2) is 7.09. The number of rotatable bonds is 6. The van der Waals surface area contributed by atoms with Crippen LogP contribution in [0.1, 0.15) is 19.7 Å². The molecule has 1 aromatic rings. The van der Waals surface area contributed by atoms with E-state index in [1.807, 2.05) is 0 Å². The zero-order chi connectivity index (χ0) is 16.0. The number of aromatic nitrogens is 2. The van der Waals surface area contributed by atoms with E-state index in [1.165, 1.54) is 11.0 Å². The molecular formula is C12H18F3N5O. The zero-order valence-electron chi connectivity index (χ0n) is 12.1. The number of halogens is 3. The van der Waals surface area contributed by atoms with Crippen molar-refractivity contribution in [1.82, 2.24) is 14.9 Å². The van der Waals surface area contributed by atoms with E-state index in [4.69, 9.17) is 0 Å². The molecule has 21 heavy (non-hydrogen) atoms. The second-order valence-electron chi connectivity index (χ2n) is 4.25. The first kappa shape index (κ1) is 17.0. The second-order valence-corrected chi connectivity index (χ2v) is 4.25. The van der Waals surface area contributed by atoms with Gasteiger partial charge in [0.25, 0.3) is 0 Å². The van der Waals surface area contributed by atoms with Crippen molar-refractivity contribution >= 4 is 17.5 Å². The van der Waals surface area contributed by atoms with Crippen molar-refractivity contribution in [3.05, 3.63) is 11.9 Å². The molecule has 0 radical (unpaired) electrons. The minimum absolute atomic E-state index is 0.0499. The molecule has 0 saturated carbocycles. The number of amides is 1. The molecule has 0 aliphatic heterocycles. The Kier molecular flexibility index (Phi) is 5.74. The van der Waals surface area contributed by atoms with Crippen molar-refractivity contribution in [2.75, 3.05) is 37.3 Å². The smallest absolute Gasteiger partial charge is 0.370 e. The van der Waals surface area contributed by atoms with Crippen LogP contribution < -0.4 is 10.6 Å². The molecule has 0 bridgehead atoms. The Morgan fingerprint density at radius 3 is 2.29 bits per heavy atom. The Morgan fingerprint density at radius 2 is 1.81 bits per heavy atom. The van der Waals surface area contributed by atoms with Gasteiger partial charge in [-0.2, -0.15) is 13.2 Å². The standard InChI is InChI=1S/C12H18F3N5O/c1-4-16-8-6-9(17-7-10(21)20(3)5-2)19-11(18-8)12(13,14)15/h6H,4-5,7H2,1-3H3,(H2,16,17,18,19). The maximum Gasteiger partial charge on any atom is 0.451 e. The van der Waals surface area contributed by atoms with Crippen LogP contribution in [0.5, 0.6) is 0 Å². The molecule has 0 spiro atoms. The molecule has 0 saturated heterocycles. The van der Waals surface area contributed by atoms with Crippen LogP contribution in [-0.4, -0.2) is 47.5 Å². The van der Waals surface area contributed by atoms with Crippen LogP contribution in [-0.2, 0) is 11.0 Å². The van der Waals surface area contributed by atoms with Crippen LogP contribution >= 0.6 is 0 Å². The van der Waals surface area contributed by atoms with Gasteiger partial charge in [-0.3, -0.25) is 4.79 Å². The summed E-state index contributed by atoms with van der Waals surface area (Å²) < 4.78 is 38.1. The van der Waals surface area contributed by atoms with E-state index in [2.05, 4.69) is 20.6 Å². The fourth-order valence-corrected chi connectivity index (χ4v) is 1.41. The van der Waals surface area contributed by atoms with Gasteiger partial charge in [0.2, 0.25) is 11.7 Å². The molecule has 2 N–H and O–H groups in total. The molecule has 9 heteroatoms. The average Bonchev–Trinajstić information content (AvgIpc) is 2.43. The largest absolute Gasteiger partial charge is 0.451 e. The highest BCUT2D eigenvalue weighted by molar-refractivity contribution is 5.80. The van der Waals surface area contributed by atoms with Gasteiger partial charge in [0, 0.05) is 26.2 Å². The quantitative estimate of drug-likeness (QED) is 0.839. The normalized spacial score (nSPS) is 11.1. The summed E-state index contributed by atoms with van der Waals surface area (Å²) in [5.74, 6) is -1.49. The number of anilines is 2. The third-order valence-electron chi connectivity index (χ3n) is 2.66. The highest BCUT2D eigenvalue weighted by Crippen LogP contribution is 2.28. The minimum Gasteiger partial charge on any atom is -0.370 e. The van der Waals surface area contributed by atoms with E-state index in [9.17, 15) is 18.0 Å². The van der Waals surface area contributed by atoms with E-state index < -0.39 is 12.0 Å². The molecule has 0 aromatic carbocycles. The van der Waals surface area contributed by atoms with Crippen molar-refractivity contribution in [3.8, 4) is 0 Å². The minimum atomic E-state index is -4.65. The molecule has 0 atom stereocenters. The maximum absolute atomic E-state index is 12.7. The van der Waals surface area contributed by atoms with E-state index in [-0.39, 0.29) is 24.1 Å². The molecule has 0 unspecified atom stereocenters. The highest BCUT2D eigenvalue weighted by atomic mass is 19.4. The number of alkyl halides is 3. The van der Waals surface area contributed by atoms with E-state index in [0.29, 0.717) is 13.1 Å². The van der Waals surface area contributed by atoms with Gasteiger partial charge in [-0.05, 0) is 13.8 Å². The topological polar surface area (TPSA) is 70.2 Å². The molecular weight excluding hydrogens is 287 g/mol. The van der Waals surface area contributed by atoms with Gasteiger partial charge < -0.3 is 15.5 Å². The molecule has 0 fully saturated rings. The molecule has 1 aromatic heterocycles. The van der Waals surface area contributed by atoms with Crippen LogP contribution in [0, 0.1) is 0 Å². The Morgan fingerprint density at radius 1 is 1.24 bits per heavy atom. The van der Waals surface area contributed by atoms with Crippen molar-refractivity contribution in [2.45, 2.75) is 20.0 Å². The summed E-state index contributed by atoms with van der Waals surface area (Å²) in [6.45, 7) is 4.34. The van der Waals surface area contributed by atoms with Gasteiger partial charge >= 0.3 is 6.18 Å². The first-order valence-electron chi connectivity index (χ1n) is 6.45. The van der Waals surface area contributed by atoms with Gasteiger partial charge in [0.05, 0.1) is 6.54 Å². The number of carbonyl (C=O) groups is 1. The van der Waals surface area contributed by atoms with Gasteiger partial charge in [-0.1, -0.05) is 0 Å². The van der Waals surface area contributed by atoms with E-state index in [1.54, 1.807) is 20.9 Å². The fourth-order valence-electron chi connectivity index (χ4n) is 1.41. The van der Waals surface area contributed by atoms with Gasteiger partial charge in [0.1, 0.15) is 11.6 Å². The first-order valence-corrected chi connectivity index (χ1v) is 6.45. The fraction of sp³-hybridized carbons (Fsp3) is 0.583. The lowest BCUT2D eigenvalue weighted by Crippen LogP contribution is -2.32. The Bertz CT molecular complexity index is 492. The molecule has 118 valence electrons. The lowest BCUT2D eigenvalue weighted by Gasteiger charge is -2.16. The summed E-state index contributed by atoms with van der Waals surface area (Å²) in [6, 6.07) is 1.33. The maximum atomic E-state index is 12.7. The molecule has 1 amide bonds. The Balaban J connectivity index is 2.90. The third-order valence-corrected chi connectivity index (χ3v) is 2.66. The lowest BCUT2D eigenvalue weighted by atomic mass is 10.4. The third kappa shape index (κ3) is 5.09.